The monoisotopic (exact) mass is 414 g/mol. The second-order valence-corrected chi connectivity index (χ2v) is 7.46. The lowest BCUT2D eigenvalue weighted by atomic mass is 10.1. The molecule has 0 fully saturated rings. The van der Waals surface area contributed by atoms with Gasteiger partial charge < -0.3 is 20.2 Å². The molecule has 0 aliphatic carbocycles. The molecule has 152 valence electrons. The highest BCUT2D eigenvalue weighted by molar-refractivity contribution is 7.18. The van der Waals surface area contributed by atoms with Crippen molar-refractivity contribution in [2.45, 2.75) is 34.1 Å². The van der Waals surface area contributed by atoms with Crippen LogP contribution in [-0.2, 0) is 11.2 Å². The Balaban J connectivity index is 1.99. The van der Waals surface area contributed by atoms with Crippen LogP contribution in [0, 0.1) is 13.8 Å². The van der Waals surface area contributed by atoms with E-state index in [1.807, 2.05) is 18.2 Å². The summed E-state index contributed by atoms with van der Waals surface area (Å²) < 4.78 is 6.93. The maximum atomic E-state index is 12.9. The van der Waals surface area contributed by atoms with Gasteiger partial charge in [-0.2, -0.15) is 0 Å². The van der Waals surface area contributed by atoms with Crippen molar-refractivity contribution in [1.82, 2.24) is 9.38 Å². The summed E-state index contributed by atoms with van der Waals surface area (Å²) in [6, 6.07) is 3.43. The fourth-order valence-electron chi connectivity index (χ4n) is 3.14. The molecule has 0 bridgehead atoms. The lowest BCUT2D eigenvalue weighted by Crippen LogP contribution is -2.15. The summed E-state index contributed by atoms with van der Waals surface area (Å²) in [7, 11) is 0. The number of anilines is 1. The number of aryl methyl sites for hydroxylation is 2. The molecule has 2 amide bonds. The Bertz CT molecular complexity index is 1130. The Morgan fingerprint density at radius 3 is 2.59 bits per heavy atom. The zero-order chi connectivity index (χ0) is 21.3. The van der Waals surface area contributed by atoms with E-state index in [0.717, 1.165) is 34.8 Å². The summed E-state index contributed by atoms with van der Waals surface area (Å²) in [5, 5.41) is 2.96. The maximum absolute atomic E-state index is 12.9. The lowest BCUT2D eigenvalue weighted by molar-refractivity contribution is 0.0527. The minimum Gasteiger partial charge on any atom is -0.462 e. The first kappa shape index (κ1) is 20.5. The highest BCUT2D eigenvalue weighted by atomic mass is 32.1. The number of rotatable bonds is 6. The standard InChI is InChI=1S/C20H22N4O4S/c1-5-13-11(4)24-9-12(7-8-14(24)22-13)18(26)23-19-15(20(27)28-6-2)10(3)16(29-19)17(21)25/h7-9H,5-6H2,1-4H3,(H2,21,25)(H,23,26). The van der Waals surface area contributed by atoms with E-state index in [9.17, 15) is 14.4 Å². The number of carbonyl (C=O) groups is 3. The van der Waals surface area contributed by atoms with E-state index in [1.165, 1.54) is 0 Å². The van der Waals surface area contributed by atoms with Gasteiger partial charge in [-0.25, -0.2) is 9.78 Å². The average Bonchev–Trinajstić information content (AvgIpc) is 3.18. The molecule has 8 nitrogen and oxygen atoms in total. The molecule has 0 aliphatic heterocycles. The number of fused-ring (bicyclic) bond motifs is 1. The van der Waals surface area contributed by atoms with Gasteiger partial charge in [0.1, 0.15) is 10.6 Å². The number of hydrogen-bond donors (Lipinski definition) is 2. The SMILES string of the molecule is CCOC(=O)c1c(NC(=O)c2ccc3nc(CC)c(C)n3c2)sc(C(N)=O)c1C. The molecule has 0 saturated carbocycles. The van der Waals surface area contributed by atoms with E-state index in [2.05, 4.69) is 10.3 Å². The molecule has 3 heterocycles. The molecular weight excluding hydrogens is 392 g/mol. The zero-order valence-electron chi connectivity index (χ0n) is 16.7. The van der Waals surface area contributed by atoms with Crippen molar-refractivity contribution in [2.75, 3.05) is 11.9 Å². The lowest BCUT2D eigenvalue weighted by Gasteiger charge is -2.08. The summed E-state index contributed by atoms with van der Waals surface area (Å²) in [6.45, 7) is 7.42. The number of nitrogens with one attached hydrogen (secondary N) is 1. The molecule has 0 unspecified atom stereocenters. The molecule has 29 heavy (non-hydrogen) atoms. The second kappa shape index (κ2) is 8.04. The largest absolute Gasteiger partial charge is 0.462 e. The number of nitrogens with two attached hydrogens (primary N) is 1. The number of carbonyl (C=O) groups excluding carboxylic acids is 3. The number of primary amides is 1. The van der Waals surface area contributed by atoms with Crippen LogP contribution in [0.2, 0.25) is 0 Å². The molecule has 0 aromatic carbocycles. The number of thiophene rings is 1. The van der Waals surface area contributed by atoms with E-state index in [1.54, 1.807) is 32.2 Å². The van der Waals surface area contributed by atoms with Crippen molar-refractivity contribution in [3.05, 3.63) is 51.3 Å². The number of pyridine rings is 1. The first-order valence-electron chi connectivity index (χ1n) is 9.17. The van der Waals surface area contributed by atoms with Gasteiger partial charge in [0.25, 0.3) is 11.8 Å². The molecule has 3 aromatic rings. The van der Waals surface area contributed by atoms with Gasteiger partial charge in [0.05, 0.1) is 28.3 Å². The highest BCUT2D eigenvalue weighted by Gasteiger charge is 2.26. The summed E-state index contributed by atoms with van der Waals surface area (Å²) in [6.07, 6.45) is 2.49. The molecule has 0 atom stereocenters. The number of nitrogens with zero attached hydrogens (tertiary/aromatic N) is 2. The van der Waals surface area contributed by atoms with Gasteiger partial charge in [-0.15, -0.1) is 11.3 Å². The van der Waals surface area contributed by atoms with E-state index in [-0.39, 0.29) is 22.0 Å². The minimum absolute atomic E-state index is 0.146. The van der Waals surface area contributed by atoms with Crippen LogP contribution in [-0.4, -0.2) is 33.8 Å². The Morgan fingerprint density at radius 1 is 1.24 bits per heavy atom. The second-order valence-electron chi connectivity index (χ2n) is 6.44. The summed E-state index contributed by atoms with van der Waals surface area (Å²) in [5.74, 6) is -1.69. The first-order chi connectivity index (χ1) is 13.8. The Morgan fingerprint density at radius 2 is 1.97 bits per heavy atom. The third-order valence-electron chi connectivity index (χ3n) is 4.63. The molecule has 3 N–H and O–H groups in total. The van der Waals surface area contributed by atoms with E-state index in [0.29, 0.717) is 11.1 Å². The quantitative estimate of drug-likeness (QED) is 0.601. The summed E-state index contributed by atoms with van der Waals surface area (Å²) >= 11 is 0.959. The average molecular weight is 414 g/mol. The van der Waals surface area contributed by atoms with Crippen LogP contribution in [0.25, 0.3) is 5.65 Å². The van der Waals surface area contributed by atoms with Crippen LogP contribution in [0.5, 0.6) is 0 Å². The summed E-state index contributed by atoms with van der Waals surface area (Å²) in [4.78, 5) is 41.7. The number of amides is 2. The van der Waals surface area contributed by atoms with E-state index < -0.39 is 17.8 Å². The molecule has 3 rings (SSSR count). The zero-order valence-corrected chi connectivity index (χ0v) is 17.5. The smallest absolute Gasteiger partial charge is 0.341 e. The van der Waals surface area contributed by atoms with Gasteiger partial charge in [-0.3, -0.25) is 9.59 Å². The van der Waals surface area contributed by atoms with Crippen molar-refractivity contribution >= 4 is 39.8 Å². The van der Waals surface area contributed by atoms with Crippen LogP contribution in [0.4, 0.5) is 5.00 Å². The van der Waals surface area contributed by atoms with Gasteiger partial charge in [0, 0.05) is 11.9 Å². The Labute approximate surface area is 171 Å². The molecule has 9 heteroatoms. The summed E-state index contributed by atoms with van der Waals surface area (Å²) in [5.41, 5.74) is 9.02. The molecule has 0 spiro atoms. The van der Waals surface area contributed by atoms with Crippen LogP contribution >= 0.6 is 11.3 Å². The fraction of sp³-hybridized carbons (Fsp3) is 0.300. The van der Waals surface area contributed by atoms with Crippen molar-refractivity contribution in [1.29, 1.82) is 0 Å². The number of aromatic nitrogens is 2. The fourth-order valence-corrected chi connectivity index (χ4v) is 4.18. The van der Waals surface area contributed by atoms with Crippen LogP contribution in [0.1, 0.15) is 61.2 Å². The van der Waals surface area contributed by atoms with Crippen molar-refractivity contribution in [3.8, 4) is 0 Å². The van der Waals surface area contributed by atoms with Crippen molar-refractivity contribution in [3.63, 3.8) is 0 Å². The number of imidazole rings is 1. The van der Waals surface area contributed by atoms with Crippen molar-refractivity contribution in [2.24, 2.45) is 5.73 Å². The molecule has 0 radical (unpaired) electrons. The molecule has 0 aliphatic rings. The van der Waals surface area contributed by atoms with Gasteiger partial charge in [-0.05, 0) is 44.9 Å². The Kier molecular flexibility index (Phi) is 5.69. The van der Waals surface area contributed by atoms with Crippen molar-refractivity contribution < 1.29 is 19.1 Å². The molecule has 0 saturated heterocycles. The van der Waals surface area contributed by atoms with E-state index >= 15 is 0 Å². The van der Waals surface area contributed by atoms with Gasteiger partial charge in [0.2, 0.25) is 0 Å². The predicted octanol–water partition coefficient (Wildman–Crippen LogP) is 3.10. The number of hydrogen-bond acceptors (Lipinski definition) is 6. The van der Waals surface area contributed by atoms with Gasteiger partial charge >= 0.3 is 5.97 Å². The van der Waals surface area contributed by atoms with Crippen LogP contribution in [0.3, 0.4) is 0 Å². The molecule has 3 aromatic heterocycles. The van der Waals surface area contributed by atoms with E-state index in [4.69, 9.17) is 10.5 Å². The van der Waals surface area contributed by atoms with Gasteiger partial charge in [0.15, 0.2) is 0 Å². The minimum atomic E-state index is -0.666. The topological polar surface area (TPSA) is 116 Å². The maximum Gasteiger partial charge on any atom is 0.341 e. The third-order valence-corrected chi connectivity index (χ3v) is 5.85. The van der Waals surface area contributed by atoms with Gasteiger partial charge in [-0.1, -0.05) is 6.92 Å². The third kappa shape index (κ3) is 3.73. The first-order valence-corrected chi connectivity index (χ1v) is 9.99. The number of ether oxygens (including phenoxy) is 1. The molecular formula is C20H22N4O4S. The normalized spacial score (nSPS) is 10.9. The van der Waals surface area contributed by atoms with Crippen LogP contribution in [0.15, 0.2) is 18.3 Å². The Hall–Kier alpha value is -3.20. The predicted molar refractivity (Wildman–Crippen MR) is 111 cm³/mol. The number of esters is 1. The highest BCUT2D eigenvalue weighted by Crippen LogP contribution is 2.34. The van der Waals surface area contributed by atoms with Crippen LogP contribution < -0.4 is 11.1 Å².